The number of sulfonamides is 1. The van der Waals surface area contributed by atoms with Gasteiger partial charge in [0.05, 0.1) is 5.71 Å². The van der Waals surface area contributed by atoms with Crippen LogP contribution in [0.1, 0.15) is 44.6 Å². The number of nitrogens with two attached hydrogens (primary N) is 1. The summed E-state index contributed by atoms with van der Waals surface area (Å²) in [6, 6.07) is 6.34. The van der Waals surface area contributed by atoms with E-state index in [1.165, 1.54) is 24.6 Å². The molecule has 2 atom stereocenters. The van der Waals surface area contributed by atoms with Crippen LogP contribution in [0.5, 0.6) is 0 Å². The highest BCUT2D eigenvalue weighted by Gasteiger charge is 2.25. The summed E-state index contributed by atoms with van der Waals surface area (Å²) in [7, 11) is -3.63. The molecule has 1 aromatic carbocycles. The van der Waals surface area contributed by atoms with Gasteiger partial charge in [-0.2, -0.15) is 11.8 Å². The van der Waals surface area contributed by atoms with E-state index in [0.717, 1.165) is 42.4 Å². The maximum Gasteiger partial charge on any atom is 0.234 e. The summed E-state index contributed by atoms with van der Waals surface area (Å²) in [6.07, 6.45) is 7.55. The van der Waals surface area contributed by atoms with E-state index in [0.29, 0.717) is 29.4 Å². The van der Waals surface area contributed by atoms with Crippen molar-refractivity contribution >= 4 is 27.5 Å². The first-order chi connectivity index (χ1) is 14.7. The van der Waals surface area contributed by atoms with Gasteiger partial charge < -0.3 is 11.1 Å². The van der Waals surface area contributed by atoms with Crippen LogP contribution in [-0.4, -0.2) is 31.7 Å². The Kier molecular flexibility index (Phi) is 8.36. The first kappa shape index (κ1) is 24.0. The second-order valence-corrected chi connectivity index (χ2v) is 11.2. The molecule has 0 amide bonds. The van der Waals surface area contributed by atoms with Crippen LogP contribution < -0.4 is 10.5 Å². The van der Waals surface area contributed by atoms with E-state index in [4.69, 9.17) is 11.1 Å². The molecule has 1 aliphatic carbocycles. The van der Waals surface area contributed by atoms with Crippen molar-refractivity contribution in [1.29, 1.82) is 5.41 Å². The molecule has 8 heteroatoms. The molecule has 1 aliphatic heterocycles. The number of thioether (sulfide) groups is 1. The first-order valence-electron chi connectivity index (χ1n) is 10.8. The van der Waals surface area contributed by atoms with Crippen molar-refractivity contribution in [2.24, 2.45) is 17.6 Å². The Bertz CT molecular complexity index is 953. The van der Waals surface area contributed by atoms with Gasteiger partial charge >= 0.3 is 0 Å². The largest absolute Gasteiger partial charge is 0.401 e. The number of hydrogen-bond donors (Lipinski definition) is 3. The number of hydrogen-bond acceptors (Lipinski definition) is 5. The molecule has 0 spiro atoms. The van der Waals surface area contributed by atoms with Crippen molar-refractivity contribution in [1.82, 2.24) is 4.72 Å². The van der Waals surface area contributed by atoms with Gasteiger partial charge in [-0.15, -0.1) is 0 Å². The minimum Gasteiger partial charge on any atom is -0.401 e. The van der Waals surface area contributed by atoms with Gasteiger partial charge in [-0.1, -0.05) is 31.4 Å². The molecule has 3 rings (SSSR count). The predicted molar refractivity (Wildman–Crippen MR) is 127 cm³/mol. The van der Waals surface area contributed by atoms with Crippen LogP contribution in [0, 0.1) is 23.1 Å². The standard InChI is InChI=1S/C23H32FN3O2S2/c1-16(18-7-3-2-4-8-18)27-31(28,29)11-10-22(25)21-15-30-14-19(23(21)26)12-17-6-5-9-20(24)13-17/h5-6,9-11,13,16,18-19,25,27H,2-4,7-8,12,14-15,26H2,1H3/b11-10+,25-22?/t16-,19?/m1/s1. The Morgan fingerprint density at radius 3 is 2.81 bits per heavy atom. The molecule has 0 saturated heterocycles. The lowest BCUT2D eigenvalue weighted by Gasteiger charge is -2.27. The van der Waals surface area contributed by atoms with E-state index in [1.807, 2.05) is 13.0 Å². The van der Waals surface area contributed by atoms with Crippen molar-refractivity contribution < 1.29 is 12.8 Å². The third-order valence-corrected chi connectivity index (χ3v) is 8.50. The quantitative estimate of drug-likeness (QED) is 0.497. The van der Waals surface area contributed by atoms with Crippen molar-refractivity contribution in [2.45, 2.75) is 51.5 Å². The molecular formula is C23H32FN3O2S2. The van der Waals surface area contributed by atoms with Crippen molar-refractivity contribution in [3.05, 3.63) is 58.4 Å². The topological polar surface area (TPSA) is 96.0 Å². The number of rotatable bonds is 8. The zero-order valence-electron chi connectivity index (χ0n) is 17.9. The van der Waals surface area contributed by atoms with Crippen LogP contribution in [0.3, 0.4) is 0 Å². The average molecular weight is 466 g/mol. The Morgan fingerprint density at radius 2 is 2.10 bits per heavy atom. The van der Waals surface area contributed by atoms with E-state index in [1.54, 1.807) is 17.8 Å². The Hall–Kier alpha value is -1.64. The van der Waals surface area contributed by atoms with Gasteiger partial charge in [0, 0.05) is 40.1 Å². The molecule has 1 saturated carbocycles. The molecule has 4 N–H and O–H groups in total. The second-order valence-electron chi connectivity index (χ2n) is 8.55. The minimum atomic E-state index is -3.63. The van der Waals surface area contributed by atoms with Gasteiger partial charge in [0.15, 0.2) is 0 Å². The second kappa shape index (κ2) is 10.8. The lowest BCUT2D eigenvalue weighted by atomic mass is 9.85. The summed E-state index contributed by atoms with van der Waals surface area (Å²) >= 11 is 1.66. The van der Waals surface area contributed by atoms with E-state index < -0.39 is 10.0 Å². The van der Waals surface area contributed by atoms with E-state index in [2.05, 4.69) is 4.72 Å². The molecule has 170 valence electrons. The molecule has 1 unspecified atom stereocenters. The summed E-state index contributed by atoms with van der Waals surface area (Å²) in [5.74, 6) is 1.44. The lowest BCUT2D eigenvalue weighted by Crippen LogP contribution is -2.37. The van der Waals surface area contributed by atoms with Crippen LogP contribution in [-0.2, 0) is 16.4 Å². The molecule has 1 fully saturated rings. The lowest BCUT2D eigenvalue weighted by molar-refractivity contribution is 0.303. The fourth-order valence-corrected chi connectivity index (χ4v) is 6.69. The molecule has 0 bridgehead atoms. The molecule has 0 radical (unpaired) electrons. The highest BCUT2D eigenvalue weighted by atomic mass is 32.2. The Balaban J connectivity index is 1.65. The summed E-state index contributed by atoms with van der Waals surface area (Å²) in [5, 5.41) is 9.46. The van der Waals surface area contributed by atoms with Crippen molar-refractivity contribution in [3.63, 3.8) is 0 Å². The van der Waals surface area contributed by atoms with Crippen LogP contribution >= 0.6 is 11.8 Å². The maximum absolute atomic E-state index is 13.5. The molecule has 1 aromatic rings. The smallest absolute Gasteiger partial charge is 0.234 e. The maximum atomic E-state index is 13.5. The molecule has 0 aromatic heterocycles. The summed E-state index contributed by atoms with van der Waals surface area (Å²) in [5.41, 5.74) is 8.59. The molecular weight excluding hydrogens is 433 g/mol. The van der Waals surface area contributed by atoms with Crippen LogP contribution in [0.15, 0.2) is 47.0 Å². The molecule has 5 nitrogen and oxygen atoms in total. The number of benzene rings is 1. The van der Waals surface area contributed by atoms with Gasteiger partial charge in [0.1, 0.15) is 5.82 Å². The van der Waals surface area contributed by atoms with E-state index in [9.17, 15) is 12.8 Å². The third kappa shape index (κ3) is 6.92. The Labute approximate surface area is 189 Å². The molecule has 1 heterocycles. The fraction of sp³-hybridized carbons (Fsp3) is 0.522. The highest BCUT2D eigenvalue weighted by molar-refractivity contribution is 7.99. The van der Waals surface area contributed by atoms with E-state index in [-0.39, 0.29) is 23.5 Å². The third-order valence-electron chi connectivity index (χ3n) is 6.17. The highest BCUT2D eigenvalue weighted by Crippen LogP contribution is 2.30. The normalized spacial score (nSPS) is 22.1. The zero-order chi connectivity index (χ0) is 22.4. The van der Waals surface area contributed by atoms with Gasteiger partial charge in [-0.25, -0.2) is 17.5 Å². The SMILES string of the molecule is C[C@@H](NS(=O)(=O)/C=C/C(=N)C1=C(N)C(Cc2cccc(F)c2)CSC1)C1CCCCC1. The minimum absolute atomic E-state index is 0.00893. The van der Waals surface area contributed by atoms with Gasteiger partial charge in [0.2, 0.25) is 10.0 Å². The van der Waals surface area contributed by atoms with Crippen LogP contribution in [0.25, 0.3) is 0 Å². The summed E-state index contributed by atoms with van der Waals surface area (Å²) in [4.78, 5) is 0. The Morgan fingerprint density at radius 1 is 1.35 bits per heavy atom. The predicted octanol–water partition coefficient (Wildman–Crippen LogP) is 4.37. The first-order valence-corrected chi connectivity index (χ1v) is 13.6. The average Bonchev–Trinajstić information content (AvgIpc) is 2.74. The van der Waals surface area contributed by atoms with E-state index >= 15 is 0 Å². The number of allylic oxidation sites excluding steroid dienone is 2. The van der Waals surface area contributed by atoms with Crippen molar-refractivity contribution in [2.75, 3.05) is 11.5 Å². The number of nitrogens with one attached hydrogen (secondary N) is 2. The monoisotopic (exact) mass is 465 g/mol. The van der Waals surface area contributed by atoms with Crippen LogP contribution in [0.4, 0.5) is 4.39 Å². The zero-order valence-corrected chi connectivity index (χ0v) is 19.6. The van der Waals surface area contributed by atoms with Crippen LogP contribution in [0.2, 0.25) is 0 Å². The molecule has 2 aliphatic rings. The van der Waals surface area contributed by atoms with Gasteiger partial charge in [0.25, 0.3) is 0 Å². The van der Waals surface area contributed by atoms with Gasteiger partial charge in [-0.05, 0) is 55.9 Å². The summed E-state index contributed by atoms with van der Waals surface area (Å²) in [6.45, 7) is 1.92. The number of halogens is 1. The summed E-state index contributed by atoms with van der Waals surface area (Å²) < 4.78 is 41.2. The molecule has 31 heavy (non-hydrogen) atoms. The van der Waals surface area contributed by atoms with Crippen molar-refractivity contribution in [3.8, 4) is 0 Å². The fourth-order valence-electron chi connectivity index (χ4n) is 4.36. The van der Waals surface area contributed by atoms with Gasteiger partial charge in [-0.3, -0.25) is 0 Å².